The Hall–Kier alpha value is -2.60. The van der Waals surface area contributed by atoms with E-state index in [-0.39, 0.29) is 18.0 Å². The van der Waals surface area contributed by atoms with Crippen molar-refractivity contribution in [2.75, 3.05) is 0 Å². The van der Waals surface area contributed by atoms with Crippen molar-refractivity contribution in [3.05, 3.63) is 58.0 Å². The number of carbonyl (C=O) groups excluding carboxylic acids is 1. The lowest BCUT2D eigenvalue weighted by Gasteiger charge is -2.05. The number of hydrogen-bond donors (Lipinski definition) is 2. The standard InChI is InChI=1S/C16H15NO5/c1-9-14(16(19)20)5-13(22-9)6-17-15(18)10-2-3-11-7-21-8-12(11)4-10/h2-5H,6-8H2,1H3,(H,17,18)(H,19,20). The van der Waals surface area contributed by atoms with E-state index in [2.05, 4.69) is 5.32 Å². The number of rotatable bonds is 4. The number of amides is 1. The summed E-state index contributed by atoms with van der Waals surface area (Å²) in [5, 5.41) is 11.7. The minimum Gasteiger partial charge on any atom is -0.478 e. The molecule has 0 unspecified atom stereocenters. The van der Waals surface area contributed by atoms with Gasteiger partial charge in [0, 0.05) is 5.56 Å². The summed E-state index contributed by atoms with van der Waals surface area (Å²) in [6.45, 7) is 2.83. The molecule has 1 aromatic carbocycles. The molecule has 6 heteroatoms. The van der Waals surface area contributed by atoms with E-state index < -0.39 is 5.97 Å². The van der Waals surface area contributed by atoms with Gasteiger partial charge in [-0.1, -0.05) is 6.07 Å². The van der Waals surface area contributed by atoms with Gasteiger partial charge in [-0.2, -0.15) is 0 Å². The van der Waals surface area contributed by atoms with Crippen LogP contribution in [0.3, 0.4) is 0 Å². The van der Waals surface area contributed by atoms with Crippen LogP contribution in [0.2, 0.25) is 0 Å². The van der Waals surface area contributed by atoms with Crippen LogP contribution in [0.1, 0.15) is 43.4 Å². The highest BCUT2D eigenvalue weighted by Gasteiger charge is 2.16. The molecule has 0 saturated heterocycles. The van der Waals surface area contributed by atoms with Crippen molar-refractivity contribution in [1.29, 1.82) is 0 Å². The smallest absolute Gasteiger partial charge is 0.339 e. The van der Waals surface area contributed by atoms with Gasteiger partial charge in [-0.15, -0.1) is 0 Å². The second-order valence-corrected chi connectivity index (χ2v) is 5.15. The molecule has 3 rings (SSSR count). The Kier molecular flexibility index (Phi) is 3.68. The first-order chi connectivity index (χ1) is 10.5. The molecule has 6 nitrogen and oxygen atoms in total. The molecule has 0 atom stereocenters. The average Bonchev–Trinajstić information content (AvgIpc) is 3.09. The lowest BCUT2D eigenvalue weighted by Crippen LogP contribution is -2.22. The van der Waals surface area contributed by atoms with Crippen LogP contribution in [0.4, 0.5) is 0 Å². The number of fused-ring (bicyclic) bond motifs is 1. The zero-order chi connectivity index (χ0) is 15.7. The monoisotopic (exact) mass is 301 g/mol. The number of carboxylic acids is 1. The number of carbonyl (C=O) groups is 2. The van der Waals surface area contributed by atoms with Crippen LogP contribution in [0.25, 0.3) is 0 Å². The Labute approximate surface area is 126 Å². The summed E-state index contributed by atoms with van der Waals surface area (Å²) in [6.07, 6.45) is 0. The number of benzene rings is 1. The summed E-state index contributed by atoms with van der Waals surface area (Å²) in [4.78, 5) is 23.1. The van der Waals surface area contributed by atoms with Gasteiger partial charge >= 0.3 is 5.97 Å². The van der Waals surface area contributed by atoms with E-state index in [0.29, 0.717) is 30.3 Å². The minimum absolute atomic E-state index is 0.110. The number of aromatic carboxylic acids is 1. The second-order valence-electron chi connectivity index (χ2n) is 5.15. The Bertz CT molecular complexity index is 747. The molecule has 1 aliphatic heterocycles. The molecule has 1 amide bonds. The SMILES string of the molecule is Cc1oc(CNC(=O)c2ccc3c(c2)COC3)cc1C(=O)O. The van der Waals surface area contributed by atoms with E-state index >= 15 is 0 Å². The molecule has 114 valence electrons. The van der Waals surface area contributed by atoms with Crippen molar-refractivity contribution in [1.82, 2.24) is 5.32 Å². The molecule has 0 aliphatic carbocycles. The minimum atomic E-state index is -1.04. The van der Waals surface area contributed by atoms with Crippen LogP contribution in [-0.4, -0.2) is 17.0 Å². The zero-order valence-electron chi connectivity index (χ0n) is 12.0. The number of hydrogen-bond acceptors (Lipinski definition) is 4. The molecular weight excluding hydrogens is 286 g/mol. The lowest BCUT2D eigenvalue weighted by molar-refractivity contribution is 0.0694. The van der Waals surface area contributed by atoms with Crippen LogP contribution < -0.4 is 5.32 Å². The lowest BCUT2D eigenvalue weighted by atomic mass is 10.1. The number of carboxylic acid groups (broad SMARTS) is 1. The van der Waals surface area contributed by atoms with Crippen molar-refractivity contribution in [3.8, 4) is 0 Å². The summed E-state index contributed by atoms with van der Waals surface area (Å²) in [7, 11) is 0. The molecule has 2 N–H and O–H groups in total. The van der Waals surface area contributed by atoms with Crippen LogP contribution >= 0.6 is 0 Å². The van der Waals surface area contributed by atoms with Gasteiger partial charge < -0.3 is 19.6 Å². The highest BCUT2D eigenvalue weighted by molar-refractivity contribution is 5.94. The molecule has 22 heavy (non-hydrogen) atoms. The van der Waals surface area contributed by atoms with E-state index in [1.807, 2.05) is 12.1 Å². The van der Waals surface area contributed by atoms with Crippen LogP contribution in [0, 0.1) is 6.92 Å². The molecule has 2 heterocycles. The third kappa shape index (κ3) is 2.73. The van der Waals surface area contributed by atoms with Crippen molar-refractivity contribution in [2.24, 2.45) is 0 Å². The maximum absolute atomic E-state index is 12.1. The Morgan fingerprint density at radius 1 is 1.23 bits per heavy atom. The number of ether oxygens (including phenoxy) is 1. The summed E-state index contributed by atoms with van der Waals surface area (Å²) in [5.41, 5.74) is 2.78. The van der Waals surface area contributed by atoms with Crippen molar-refractivity contribution in [2.45, 2.75) is 26.7 Å². The number of furan rings is 1. The molecule has 1 aromatic heterocycles. The van der Waals surface area contributed by atoms with Gasteiger partial charge in [0.2, 0.25) is 0 Å². The Morgan fingerprint density at radius 3 is 2.73 bits per heavy atom. The summed E-state index contributed by atoms with van der Waals surface area (Å²) in [5.74, 6) is -0.544. The predicted octanol–water partition coefficient (Wildman–Crippen LogP) is 2.25. The van der Waals surface area contributed by atoms with E-state index in [1.54, 1.807) is 13.0 Å². The number of nitrogens with one attached hydrogen (secondary N) is 1. The van der Waals surface area contributed by atoms with E-state index in [9.17, 15) is 9.59 Å². The highest BCUT2D eigenvalue weighted by Crippen LogP contribution is 2.21. The maximum Gasteiger partial charge on any atom is 0.339 e. The third-order valence-corrected chi connectivity index (χ3v) is 3.61. The highest BCUT2D eigenvalue weighted by atomic mass is 16.5. The maximum atomic E-state index is 12.1. The average molecular weight is 301 g/mol. The molecule has 0 bridgehead atoms. The van der Waals surface area contributed by atoms with Crippen LogP contribution in [0.5, 0.6) is 0 Å². The normalized spacial score (nSPS) is 13.0. The Balaban J connectivity index is 1.67. The molecule has 1 aliphatic rings. The summed E-state index contributed by atoms with van der Waals surface area (Å²) in [6, 6.07) is 6.87. The largest absolute Gasteiger partial charge is 0.478 e. The quantitative estimate of drug-likeness (QED) is 0.904. The molecule has 0 radical (unpaired) electrons. The van der Waals surface area contributed by atoms with Gasteiger partial charge in [-0.3, -0.25) is 4.79 Å². The molecule has 0 saturated carbocycles. The van der Waals surface area contributed by atoms with Gasteiger partial charge in [-0.25, -0.2) is 4.79 Å². The topological polar surface area (TPSA) is 88.8 Å². The molecule has 0 fully saturated rings. The van der Waals surface area contributed by atoms with Crippen molar-refractivity contribution < 1.29 is 23.8 Å². The second kappa shape index (κ2) is 5.65. The van der Waals surface area contributed by atoms with Crippen molar-refractivity contribution in [3.63, 3.8) is 0 Å². The Morgan fingerprint density at radius 2 is 2.00 bits per heavy atom. The predicted molar refractivity (Wildman–Crippen MR) is 76.5 cm³/mol. The summed E-state index contributed by atoms with van der Waals surface area (Å²) < 4.78 is 10.6. The van der Waals surface area contributed by atoms with Gasteiger partial charge in [0.25, 0.3) is 5.91 Å². The fourth-order valence-electron chi connectivity index (χ4n) is 2.43. The first kappa shape index (κ1) is 14.3. The van der Waals surface area contributed by atoms with E-state index in [1.165, 1.54) is 6.07 Å². The van der Waals surface area contributed by atoms with Crippen molar-refractivity contribution >= 4 is 11.9 Å². The third-order valence-electron chi connectivity index (χ3n) is 3.61. The van der Waals surface area contributed by atoms with Crippen LogP contribution in [0.15, 0.2) is 28.7 Å². The first-order valence-corrected chi connectivity index (χ1v) is 6.85. The molecular formula is C16H15NO5. The van der Waals surface area contributed by atoms with Gasteiger partial charge in [0.15, 0.2) is 0 Å². The van der Waals surface area contributed by atoms with E-state index in [0.717, 1.165) is 11.1 Å². The van der Waals surface area contributed by atoms with E-state index in [4.69, 9.17) is 14.3 Å². The number of aryl methyl sites for hydroxylation is 1. The zero-order valence-corrected chi connectivity index (χ0v) is 12.0. The molecule has 0 spiro atoms. The van der Waals surface area contributed by atoms with Gasteiger partial charge in [-0.05, 0) is 36.2 Å². The fraction of sp³-hybridized carbons (Fsp3) is 0.250. The van der Waals surface area contributed by atoms with Gasteiger partial charge in [0.05, 0.1) is 19.8 Å². The molecule has 2 aromatic rings. The summed E-state index contributed by atoms with van der Waals surface area (Å²) >= 11 is 0. The van der Waals surface area contributed by atoms with Crippen LogP contribution in [-0.2, 0) is 24.5 Å². The fourth-order valence-corrected chi connectivity index (χ4v) is 2.43. The van der Waals surface area contributed by atoms with Gasteiger partial charge in [0.1, 0.15) is 17.1 Å². The first-order valence-electron chi connectivity index (χ1n) is 6.85.